The highest BCUT2D eigenvalue weighted by atomic mass is 16.3. The summed E-state index contributed by atoms with van der Waals surface area (Å²) in [5, 5.41) is 11.4. The summed E-state index contributed by atoms with van der Waals surface area (Å²) in [4.78, 5) is 2.41. The average Bonchev–Trinajstić information content (AvgIpc) is 2.68. The molecule has 1 aliphatic heterocycles. The van der Waals surface area contributed by atoms with Gasteiger partial charge in [-0.25, -0.2) is 0 Å². The highest BCUT2D eigenvalue weighted by molar-refractivity contribution is 5.44. The number of piperidine rings is 1. The first kappa shape index (κ1) is 16.8. The lowest BCUT2D eigenvalue weighted by molar-refractivity contribution is 0.144. The molecule has 2 aromatic carbocycles. The van der Waals surface area contributed by atoms with Crippen molar-refractivity contribution in [3.8, 4) is 11.8 Å². The molecule has 1 aliphatic rings. The first-order chi connectivity index (χ1) is 11.7. The fraction of sp³-hybridized carbons (Fsp3) is 0.364. The Hall–Kier alpha value is -2.08. The third-order valence-electron chi connectivity index (χ3n) is 4.78. The van der Waals surface area contributed by atoms with Crippen molar-refractivity contribution in [1.29, 1.82) is 0 Å². The van der Waals surface area contributed by atoms with Crippen LogP contribution in [0, 0.1) is 11.8 Å². The van der Waals surface area contributed by atoms with Crippen molar-refractivity contribution in [3.05, 3.63) is 71.8 Å². The monoisotopic (exact) mass is 319 g/mol. The van der Waals surface area contributed by atoms with Gasteiger partial charge in [-0.05, 0) is 32.9 Å². The molecule has 0 spiro atoms. The summed E-state index contributed by atoms with van der Waals surface area (Å²) in [5.41, 5.74) is 0.358. The number of likely N-dealkylation sites (tertiary alicyclic amines) is 1. The average molecular weight is 319 g/mol. The zero-order valence-corrected chi connectivity index (χ0v) is 14.3. The van der Waals surface area contributed by atoms with Crippen molar-refractivity contribution in [1.82, 2.24) is 4.90 Å². The summed E-state index contributed by atoms with van der Waals surface area (Å²) < 4.78 is 0. The Kier molecular flexibility index (Phi) is 5.35. The molecule has 2 nitrogen and oxygen atoms in total. The van der Waals surface area contributed by atoms with Crippen molar-refractivity contribution < 1.29 is 5.11 Å². The van der Waals surface area contributed by atoms with Crippen LogP contribution >= 0.6 is 0 Å². The van der Waals surface area contributed by atoms with E-state index in [9.17, 15) is 5.11 Å². The fourth-order valence-electron chi connectivity index (χ4n) is 3.28. The summed E-state index contributed by atoms with van der Waals surface area (Å²) in [7, 11) is 0. The van der Waals surface area contributed by atoms with Crippen LogP contribution in [0.2, 0.25) is 0 Å². The molecule has 0 aromatic heterocycles. The highest BCUT2D eigenvalue weighted by Gasteiger charge is 2.29. The lowest BCUT2D eigenvalue weighted by Gasteiger charge is -2.30. The SMILES string of the molecule is C[C@@H](C#CC(O)(c1ccccc1)c1ccccc1)N1CCCCC1. The molecule has 1 heterocycles. The van der Waals surface area contributed by atoms with Crippen LogP contribution in [0.3, 0.4) is 0 Å². The minimum Gasteiger partial charge on any atom is -0.369 e. The number of hydrogen-bond donors (Lipinski definition) is 1. The molecule has 2 aromatic rings. The van der Waals surface area contributed by atoms with Crippen LogP contribution in [-0.4, -0.2) is 29.1 Å². The summed E-state index contributed by atoms with van der Waals surface area (Å²) in [6.45, 7) is 4.34. The number of hydrogen-bond acceptors (Lipinski definition) is 2. The lowest BCUT2D eigenvalue weighted by atomic mass is 9.86. The van der Waals surface area contributed by atoms with E-state index in [1.807, 2.05) is 60.7 Å². The van der Waals surface area contributed by atoms with Gasteiger partial charge in [-0.2, -0.15) is 0 Å². The quantitative estimate of drug-likeness (QED) is 0.870. The predicted molar refractivity (Wildman–Crippen MR) is 98.5 cm³/mol. The number of rotatable bonds is 3. The number of nitrogens with zero attached hydrogens (tertiary/aromatic N) is 1. The second-order valence-corrected chi connectivity index (χ2v) is 6.48. The van der Waals surface area contributed by atoms with E-state index >= 15 is 0 Å². The summed E-state index contributed by atoms with van der Waals surface area (Å²) in [5.74, 6) is 6.51. The van der Waals surface area contributed by atoms with Crippen LogP contribution in [0.1, 0.15) is 37.3 Å². The van der Waals surface area contributed by atoms with Gasteiger partial charge in [-0.1, -0.05) is 78.9 Å². The molecule has 24 heavy (non-hydrogen) atoms. The second-order valence-electron chi connectivity index (χ2n) is 6.48. The fourth-order valence-corrected chi connectivity index (χ4v) is 3.28. The zero-order valence-electron chi connectivity index (χ0n) is 14.3. The molecule has 2 heteroatoms. The van der Waals surface area contributed by atoms with Crippen molar-refractivity contribution in [2.45, 2.75) is 37.8 Å². The summed E-state index contributed by atoms with van der Waals surface area (Å²) in [6.07, 6.45) is 3.80. The van der Waals surface area contributed by atoms with Crippen LogP contribution < -0.4 is 0 Å². The maximum absolute atomic E-state index is 11.4. The van der Waals surface area contributed by atoms with E-state index in [1.54, 1.807) is 0 Å². The van der Waals surface area contributed by atoms with Gasteiger partial charge in [0, 0.05) is 11.1 Å². The van der Waals surface area contributed by atoms with Gasteiger partial charge in [0.1, 0.15) is 0 Å². The van der Waals surface area contributed by atoms with Gasteiger partial charge in [0.25, 0.3) is 0 Å². The number of aliphatic hydroxyl groups is 1. The normalized spacial score (nSPS) is 16.9. The molecule has 0 bridgehead atoms. The van der Waals surface area contributed by atoms with E-state index in [0.717, 1.165) is 24.2 Å². The Morgan fingerprint density at radius 2 is 1.38 bits per heavy atom. The van der Waals surface area contributed by atoms with Crippen molar-refractivity contribution in [3.63, 3.8) is 0 Å². The van der Waals surface area contributed by atoms with E-state index in [0.29, 0.717) is 0 Å². The van der Waals surface area contributed by atoms with Crippen LogP contribution in [-0.2, 0) is 5.60 Å². The molecule has 0 amide bonds. The van der Waals surface area contributed by atoms with Crippen LogP contribution in [0.4, 0.5) is 0 Å². The van der Waals surface area contributed by atoms with Gasteiger partial charge in [-0.15, -0.1) is 0 Å². The Morgan fingerprint density at radius 1 is 0.875 bits per heavy atom. The minimum atomic E-state index is -1.27. The van der Waals surface area contributed by atoms with E-state index < -0.39 is 5.60 Å². The smallest absolute Gasteiger partial charge is 0.176 e. The maximum Gasteiger partial charge on any atom is 0.176 e. The molecule has 124 valence electrons. The first-order valence-electron chi connectivity index (χ1n) is 8.80. The number of benzene rings is 2. The molecule has 1 saturated heterocycles. The van der Waals surface area contributed by atoms with Crippen LogP contribution in [0.5, 0.6) is 0 Å². The molecule has 0 radical (unpaired) electrons. The summed E-state index contributed by atoms with van der Waals surface area (Å²) in [6, 6.07) is 19.6. The molecular formula is C22H25NO. The van der Waals surface area contributed by atoms with E-state index in [-0.39, 0.29) is 6.04 Å². The topological polar surface area (TPSA) is 23.5 Å². The lowest BCUT2D eigenvalue weighted by Crippen LogP contribution is -2.37. The van der Waals surface area contributed by atoms with Gasteiger partial charge in [0.05, 0.1) is 6.04 Å². The standard InChI is InChI=1S/C22H25NO/c1-19(23-17-9-4-10-18-23)15-16-22(24,20-11-5-2-6-12-20)21-13-7-3-8-14-21/h2-3,5-8,11-14,19,24H,4,9-10,17-18H2,1H3/t19-/m0/s1. The van der Waals surface area contributed by atoms with Gasteiger partial charge in [0.2, 0.25) is 0 Å². The highest BCUT2D eigenvalue weighted by Crippen LogP contribution is 2.29. The van der Waals surface area contributed by atoms with E-state index in [1.165, 1.54) is 19.3 Å². The Labute approximate surface area is 145 Å². The molecule has 1 atom stereocenters. The second kappa shape index (κ2) is 7.66. The zero-order chi connectivity index (χ0) is 16.8. The molecule has 1 fully saturated rings. The molecule has 0 unspecified atom stereocenters. The predicted octanol–water partition coefficient (Wildman–Crippen LogP) is 3.80. The Bertz CT molecular complexity index is 653. The van der Waals surface area contributed by atoms with Crippen molar-refractivity contribution in [2.24, 2.45) is 0 Å². The molecule has 3 rings (SSSR count). The minimum absolute atomic E-state index is 0.157. The third-order valence-corrected chi connectivity index (χ3v) is 4.78. The third kappa shape index (κ3) is 3.70. The molecule has 1 N–H and O–H groups in total. The summed E-state index contributed by atoms with van der Waals surface area (Å²) >= 11 is 0. The van der Waals surface area contributed by atoms with Gasteiger partial charge in [0.15, 0.2) is 5.60 Å². The van der Waals surface area contributed by atoms with Gasteiger partial charge < -0.3 is 5.11 Å². The van der Waals surface area contributed by atoms with Gasteiger partial charge >= 0.3 is 0 Å². The van der Waals surface area contributed by atoms with E-state index in [4.69, 9.17) is 0 Å². The van der Waals surface area contributed by atoms with Crippen molar-refractivity contribution in [2.75, 3.05) is 13.1 Å². The molecule has 0 saturated carbocycles. The largest absolute Gasteiger partial charge is 0.369 e. The van der Waals surface area contributed by atoms with E-state index in [2.05, 4.69) is 23.7 Å². The molecule has 0 aliphatic carbocycles. The van der Waals surface area contributed by atoms with Gasteiger partial charge in [-0.3, -0.25) is 4.90 Å². The van der Waals surface area contributed by atoms with Crippen molar-refractivity contribution >= 4 is 0 Å². The van der Waals surface area contributed by atoms with Crippen LogP contribution in [0.15, 0.2) is 60.7 Å². The van der Waals surface area contributed by atoms with Crippen LogP contribution in [0.25, 0.3) is 0 Å². The maximum atomic E-state index is 11.4. The molecular weight excluding hydrogens is 294 g/mol. The Balaban J connectivity index is 1.93. The first-order valence-corrected chi connectivity index (χ1v) is 8.80. The Morgan fingerprint density at radius 3 is 1.88 bits per heavy atom.